The van der Waals surface area contributed by atoms with E-state index in [9.17, 15) is 4.79 Å². The van der Waals surface area contributed by atoms with Crippen molar-refractivity contribution in [3.63, 3.8) is 0 Å². The average molecular weight is 205 g/mol. The van der Waals surface area contributed by atoms with E-state index in [1.54, 1.807) is 4.90 Å². The lowest BCUT2D eigenvalue weighted by molar-refractivity contribution is -0.131. The van der Waals surface area contributed by atoms with Gasteiger partial charge in [-0.3, -0.25) is 4.79 Å². The lowest BCUT2D eigenvalue weighted by Crippen LogP contribution is -2.27. The zero-order chi connectivity index (χ0) is 10.7. The van der Waals surface area contributed by atoms with Crippen molar-refractivity contribution >= 4 is 5.91 Å². The second-order valence-corrected chi connectivity index (χ2v) is 3.66. The normalized spacial score (nSPS) is 20.6. The van der Waals surface area contributed by atoms with Gasteiger partial charge < -0.3 is 9.64 Å². The molecule has 0 N–H and O–H groups in total. The molecule has 1 atom stereocenters. The van der Waals surface area contributed by atoms with Crippen LogP contribution >= 0.6 is 0 Å². The molecule has 1 amide bonds. The van der Waals surface area contributed by atoms with Crippen LogP contribution < -0.4 is 0 Å². The molecule has 1 saturated heterocycles. The molecule has 1 fully saturated rings. The Labute approximate surface area is 89.7 Å². The van der Waals surface area contributed by atoms with Gasteiger partial charge in [-0.2, -0.15) is 0 Å². The molecule has 1 aliphatic heterocycles. The van der Waals surface area contributed by atoms with Crippen LogP contribution in [0.1, 0.15) is 25.0 Å². The van der Waals surface area contributed by atoms with E-state index in [-0.39, 0.29) is 12.0 Å². The Hall–Kier alpha value is -1.35. The van der Waals surface area contributed by atoms with Crippen molar-refractivity contribution in [3.8, 4) is 0 Å². The maximum atomic E-state index is 11.4. The number of ether oxygens (including phenoxy) is 1. The number of hydrogen-bond donors (Lipinski definition) is 0. The summed E-state index contributed by atoms with van der Waals surface area (Å²) in [6.07, 6.45) is 0.590. The second-order valence-electron chi connectivity index (χ2n) is 3.66. The zero-order valence-corrected chi connectivity index (χ0v) is 8.85. The molecule has 1 heterocycles. The lowest BCUT2D eigenvalue weighted by atomic mass is 10.1. The first-order valence-electron chi connectivity index (χ1n) is 5.25. The minimum atomic E-state index is 0.0432. The lowest BCUT2D eigenvalue weighted by Gasteiger charge is -2.12. The standard InChI is InChI=1S/C12H15NO2/c1-2-12(14)13-8-11(15-9-13)10-6-4-3-5-7-10/h3-7,11H,2,8-9H2,1H3. The van der Waals surface area contributed by atoms with E-state index >= 15 is 0 Å². The number of nitrogens with zero attached hydrogens (tertiary/aromatic N) is 1. The summed E-state index contributed by atoms with van der Waals surface area (Å²) in [5, 5.41) is 0. The smallest absolute Gasteiger partial charge is 0.224 e. The number of amides is 1. The van der Waals surface area contributed by atoms with Crippen LogP contribution in [0.15, 0.2) is 30.3 Å². The predicted molar refractivity (Wildman–Crippen MR) is 57.1 cm³/mol. The first-order chi connectivity index (χ1) is 7.31. The van der Waals surface area contributed by atoms with Crippen LogP contribution in [0.2, 0.25) is 0 Å². The molecule has 0 bridgehead atoms. The number of carbonyl (C=O) groups excluding carboxylic acids is 1. The Kier molecular flexibility index (Phi) is 3.02. The number of benzene rings is 1. The van der Waals surface area contributed by atoms with Gasteiger partial charge in [-0.05, 0) is 5.56 Å². The molecule has 1 unspecified atom stereocenters. The summed E-state index contributed by atoms with van der Waals surface area (Å²) in [5.74, 6) is 0.161. The third kappa shape index (κ3) is 2.18. The van der Waals surface area contributed by atoms with Crippen LogP contribution in [0.5, 0.6) is 0 Å². The van der Waals surface area contributed by atoms with Gasteiger partial charge in [0.2, 0.25) is 5.91 Å². The number of carbonyl (C=O) groups is 1. The Morgan fingerprint density at radius 2 is 2.20 bits per heavy atom. The van der Waals surface area contributed by atoms with Crippen molar-refractivity contribution in [2.75, 3.05) is 13.3 Å². The molecule has 0 aromatic heterocycles. The van der Waals surface area contributed by atoms with Crippen LogP contribution in [-0.2, 0) is 9.53 Å². The highest BCUT2D eigenvalue weighted by molar-refractivity contribution is 5.75. The van der Waals surface area contributed by atoms with Crippen molar-refractivity contribution in [2.24, 2.45) is 0 Å². The van der Waals surface area contributed by atoms with Crippen LogP contribution in [0.3, 0.4) is 0 Å². The summed E-state index contributed by atoms with van der Waals surface area (Å²) in [5.41, 5.74) is 1.14. The van der Waals surface area contributed by atoms with Crippen molar-refractivity contribution in [2.45, 2.75) is 19.4 Å². The van der Waals surface area contributed by atoms with E-state index in [2.05, 4.69) is 0 Å². The summed E-state index contributed by atoms with van der Waals surface area (Å²) in [6, 6.07) is 10.0. The third-order valence-corrected chi connectivity index (χ3v) is 2.64. The molecular weight excluding hydrogens is 190 g/mol. The molecule has 1 aliphatic rings. The molecule has 80 valence electrons. The molecular formula is C12H15NO2. The van der Waals surface area contributed by atoms with Gasteiger partial charge in [-0.1, -0.05) is 37.3 Å². The Morgan fingerprint density at radius 3 is 2.87 bits per heavy atom. The first kappa shape index (κ1) is 10.2. The molecule has 0 spiro atoms. The van der Waals surface area contributed by atoms with Gasteiger partial charge in [-0.25, -0.2) is 0 Å². The number of hydrogen-bond acceptors (Lipinski definition) is 2. The van der Waals surface area contributed by atoms with Gasteiger partial charge in [0, 0.05) is 6.42 Å². The molecule has 3 nitrogen and oxygen atoms in total. The van der Waals surface area contributed by atoms with Crippen molar-refractivity contribution < 1.29 is 9.53 Å². The molecule has 15 heavy (non-hydrogen) atoms. The van der Waals surface area contributed by atoms with Crippen molar-refractivity contribution in [1.82, 2.24) is 4.90 Å². The Bertz CT molecular complexity index is 337. The molecule has 2 rings (SSSR count). The fourth-order valence-electron chi connectivity index (χ4n) is 1.75. The molecule has 1 aromatic carbocycles. The highest BCUT2D eigenvalue weighted by atomic mass is 16.5. The van der Waals surface area contributed by atoms with E-state index in [0.29, 0.717) is 19.7 Å². The Morgan fingerprint density at radius 1 is 1.47 bits per heavy atom. The number of rotatable bonds is 2. The predicted octanol–water partition coefficient (Wildman–Crippen LogP) is 1.95. The minimum absolute atomic E-state index is 0.0432. The molecule has 0 aliphatic carbocycles. The summed E-state index contributed by atoms with van der Waals surface area (Å²) < 4.78 is 5.58. The Balaban J connectivity index is 2.02. The van der Waals surface area contributed by atoms with Gasteiger partial charge in [0.1, 0.15) is 12.8 Å². The molecule has 3 heteroatoms. The minimum Gasteiger partial charge on any atom is -0.351 e. The second kappa shape index (κ2) is 4.45. The van der Waals surface area contributed by atoms with Crippen molar-refractivity contribution in [1.29, 1.82) is 0 Å². The summed E-state index contributed by atoms with van der Waals surface area (Å²) in [4.78, 5) is 13.2. The maximum Gasteiger partial charge on any atom is 0.224 e. The van der Waals surface area contributed by atoms with Gasteiger partial charge >= 0.3 is 0 Å². The topological polar surface area (TPSA) is 29.5 Å². The van der Waals surface area contributed by atoms with Crippen molar-refractivity contribution in [3.05, 3.63) is 35.9 Å². The largest absolute Gasteiger partial charge is 0.351 e. The van der Waals surface area contributed by atoms with E-state index in [4.69, 9.17) is 4.74 Å². The van der Waals surface area contributed by atoms with E-state index in [1.807, 2.05) is 37.3 Å². The summed E-state index contributed by atoms with van der Waals surface area (Å²) in [7, 11) is 0. The fraction of sp³-hybridized carbons (Fsp3) is 0.417. The maximum absolute atomic E-state index is 11.4. The van der Waals surface area contributed by atoms with Gasteiger partial charge in [-0.15, -0.1) is 0 Å². The molecule has 1 aromatic rings. The van der Waals surface area contributed by atoms with E-state index in [1.165, 1.54) is 0 Å². The highest BCUT2D eigenvalue weighted by Crippen LogP contribution is 2.24. The van der Waals surface area contributed by atoms with Crippen LogP contribution in [0.4, 0.5) is 0 Å². The van der Waals surface area contributed by atoms with E-state index < -0.39 is 0 Å². The quantitative estimate of drug-likeness (QED) is 0.738. The SMILES string of the molecule is CCC(=O)N1COC(c2ccccc2)C1. The summed E-state index contributed by atoms with van der Waals surface area (Å²) in [6.45, 7) is 2.97. The first-order valence-corrected chi connectivity index (χ1v) is 5.25. The van der Waals surface area contributed by atoms with Gasteiger partial charge in [0.05, 0.1) is 6.54 Å². The molecule has 0 radical (unpaired) electrons. The summed E-state index contributed by atoms with van der Waals surface area (Å²) >= 11 is 0. The van der Waals surface area contributed by atoms with Gasteiger partial charge in [0.15, 0.2) is 0 Å². The fourth-order valence-corrected chi connectivity index (χ4v) is 1.75. The zero-order valence-electron chi connectivity index (χ0n) is 8.85. The average Bonchev–Trinajstić information content (AvgIpc) is 2.78. The van der Waals surface area contributed by atoms with Gasteiger partial charge in [0.25, 0.3) is 0 Å². The highest BCUT2D eigenvalue weighted by Gasteiger charge is 2.26. The van der Waals surface area contributed by atoms with E-state index in [0.717, 1.165) is 5.56 Å². The molecule has 0 saturated carbocycles. The monoisotopic (exact) mass is 205 g/mol. The van der Waals surface area contributed by atoms with Crippen LogP contribution in [-0.4, -0.2) is 24.1 Å². The third-order valence-electron chi connectivity index (χ3n) is 2.64. The van der Waals surface area contributed by atoms with Crippen LogP contribution in [0, 0.1) is 0 Å². The van der Waals surface area contributed by atoms with Crippen LogP contribution in [0.25, 0.3) is 0 Å².